The van der Waals surface area contributed by atoms with Gasteiger partial charge in [-0.25, -0.2) is 13.2 Å². The average Bonchev–Trinajstić information content (AvgIpc) is 2.94. The van der Waals surface area contributed by atoms with E-state index in [1.165, 1.54) is 12.1 Å². The fraction of sp³-hybridized carbons (Fsp3) is 0.231. The number of carbonyl (C=O) groups excluding carboxylic acids is 1. The lowest BCUT2D eigenvalue weighted by Crippen LogP contribution is -2.21. The number of hydrogen-bond acceptors (Lipinski definition) is 6. The molecule has 12 heteroatoms. The van der Waals surface area contributed by atoms with Crippen LogP contribution in [0.5, 0.6) is 5.75 Å². The fourth-order valence-electron chi connectivity index (χ4n) is 1.76. The summed E-state index contributed by atoms with van der Waals surface area (Å²) in [7, 11) is -4.45. The quantitative estimate of drug-likeness (QED) is 0.745. The second kappa shape index (κ2) is 7.01. The van der Waals surface area contributed by atoms with Crippen molar-refractivity contribution in [1.82, 2.24) is 10.2 Å². The standard InChI is InChI=1S/C13H12F3N3O5S/c1-2-23-12(20)8-7-11(18-17-8)19-25(21,22)10-6-4-3-5-9(10)24-13(14,15)16/h3-7H,2H2,1H3,(H2,17,18,19). The third-order valence-corrected chi connectivity index (χ3v) is 4.07. The van der Waals surface area contributed by atoms with Crippen molar-refractivity contribution in [3.8, 4) is 5.75 Å². The Labute approximate surface area is 140 Å². The molecule has 25 heavy (non-hydrogen) atoms. The van der Waals surface area contributed by atoms with Gasteiger partial charge in [-0.1, -0.05) is 12.1 Å². The number of H-pyrrole nitrogens is 1. The summed E-state index contributed by atoms with van der Waals surface area (Å²) in [6.07, 6.45) is -5.06. The Kier molecular flexibility index (Phi) is 5.21. The van der Waals surface area contributed by atoms with Gasteiger partial charge in [-0.3, -0.25) is 9.82 Å². The van der Waals surface area contributed by atoms with E-state index >= 15 is 0 Å². The molecule has 0 saturated carbocycles. The maximum Gasteiger partial charge on any atom is 0.573 e. The molecule has 0 spiro atoms. The zero-order valence-electron chi connectivity index (χ0n) is 12.6. The first-order valence-corrected chi connectivity index (χ1v) is 8.21. The minimum absolute atomic E-state index is 0.0983. The van der Waals surface area contributed by atoms with Crippen LogP contribution in [-0.4, -0.2) is 37.6 Å². The third-order valence-electron chi connectivity index (χ3n) is 2.68. The molecule has 136 valence electrons. The van der Waals surface area contributed by atoms with Gasteiger partial charge in [0.05, 0.1) is 6.61 Å². The van der Waals surface area contributed by atoms with Crippen LogP contribution in [0.1, 0.15) is 17.4 Å². The van der Waals surface area contributed by atoms with Crippen molar-refractivity contribution < 1.29 is 35.9 Å². The van der Waals surface area contributed by atoms with Crippen molar-refractivity contribution in [3.63, 3.8) is 0 Å². The van der Waals surface area contributed by atoms with Crippen LogP contribution in [0, 0.1) is 0 Å². The van der Waals surface area contributed by atoms with E-state index in [1.54, 1.807) is 6.92 Å². The summed E-state index contributed by atoms with van der Waals surface area (Å²) in [6.45, 7) is 1.68. The molecule has 2 rings (SSSR count). The van der Waals surface area contributed by atoms with Gasteiger partial charge in [0, 0.05) is 6.07 Å². The molecular formula is C13H12F3N3O5S. The Morgan fingerprint density at radius 2 is 2.00 bits per heavy atom. The van der Waals surface area contributed by atoms with Crippen LogP contribution >= 0.6 is 0 Å². The third kappa shape index (κ3) is 4.86. The number of aromatic nitrogens is 2. The number of esters is 1. The van der Waals surface area contributed by atoms with Crippen molar-refractivity contribution in [1.29, 1.82) is 0 Å². The Morgan fingerprint density at radius 1 is 1.32 bits per heavy atom. The number of nitrogens with one attached hydrogen (secondary N) is 2. The summed E-state index contributed by atoms with van der Waals surface area (Å²) in [5, 5.41) is 5.81. The van der Waals surface area contributed by atoms with Gasteiger partial charge in [0.2, 0.25) is 0 Å². The number of ether oxygens (including phenoxy) is 2. The summed E-state index contributed by atoms with van der Waals surface area (Å²) in [6, 6.07) is 5.25. The lowest BCUT2D eigenvalue weighted by molar-refractivity contribution is -0.275. The zero-order valence-corrected chi connectivity index (χ0v) is 13.4. The van der Waals surface area contributed by atoms with Gasteiger partial charge in [-0.15, -0.1) is 13.2 Å². The van der Waals surface area contributed by atoms with Crippen LogP contribution in [0.4, 0.5) is 19.0 Å². The first-order chi connectivity index (χ1) is 11.6. The van der Waals surface area contributed by atoms with Gasteiger partial charge >= 0.3 is 12.3 Å². The van der Waals surface area contributed by atoms with Crippen LogP contribution in [0.2, 0.25) is 0 Å². The second-order valence-corrected chi connectivity index (χ2v) is 6.14. The van der Waals surface area contributed by atoms with E-state index in [0.29, 0.717) is 0 Å². The van der Waals surface area contributed by atoms with E-state index in [2.05, 4.69) is 14.9 Å². The largest absolute Gasteiger partial charge is 0.573 e. The smallest absolute Gasteiger partial charge is 0.461 e. The van der Waals surface area contributed by atoms with Gasteiger partial charge in [0.25, 0.3) is 10.0 Å². The number of alkyl halides is 3. The van der Waals surface area contributed by atoms with Crippen LogP contribution in [0.25, 0.3) is 0 Å². The van der Waals surface area contributed by atoms with E-state index < -0.39 is 33.0 Å². The fourth-order valence-corrected chi connectivity index (χ4v) is 2.88. The number of anilines is 1. The molecule has 0 saturated heterocycles. The average molecular weight is 379 g/mol. The molecule has 0 amide bonds. The highest BCUT2D eigenvalue weighted by Gasteiger charge is 2.34. The molecule has 0 radical (unpaired) electrons. The molecule has 8 nitrogen and oxygen atoms in total. The minimum atomic E-state index is -5.06. The van der Waals surface area contributed by atoms with Crippen LogP contribution < -0.4 is 9.46 Å². The van der Waals surface area contributed by atoms with E-state index in [9.17, 15) is 26.4 Å². The number of rotatable bonds is 6. The molecule has 0 aliphatic rings. The molecule has 1 heterocycles. The topological polar surface area (TPSA) is 110 Å². The molecule has 2 N–H and O–H groups in total. The highest BCUT2D eigenvalue weighted by molar-refractivity contribution is 7.92. The molecule has 0 atom stereocenters. The van der Waals surface area contributed by atoms with Crippen molar-refractivity contribution in [2.24, 2.45) is 0 Å². The van der Waals surface area contributed by atoms with Crippen molar-refractivity contribution in [3.05, 3.63) is 36.0 Å². The van der Waals surface area contributed by atoms with Gasteiger partial charge in [-0.05, 0) is 19.1 Å². The summed E-state index contributed by atoms with van der Waals surface area (Å²) in [5.74, 6) is -1.96. The number of para-hydroxylation sites is 1. The normalized spacial score (nSPS) is 11.8. The van der Waals surface area contributed by atoms with Gasteiger partial charge in [0.15, 0.2) is 5.82 Å². The van der Waals surface area contributed by atoms with Gasteiger partial charge < -0.3 is 9.47 Å². The predicted molar refractivity (Wildman–Crippen MR) is 78.5 cm³/mol. The molecule has 0 fully saturated rings. The van der Waals surface area contributed by atoms with Crippen LogP contribution in [0.3, 0.4) is 0 Å². The lowest BCUT2D eigenvalue weighted by Gasteiger charge is -2.13. The Bertz CT molecular complexity index is 864. The number of aromatic amines is 1. The first kappa shape index (κ1) is 18.6. The van der Waals surface area contributed by atoms with Crippen molar-refractivity contribution in [2.75, 3.05) is 11.3 Å². The van der Waals surface area contributed by atoms with E-state index in [4.69, 9.17) is 4.74 Å². The molecule has 1 aromatic heterocycles. The predicted octanol–water partition coefficient (Wildman–Crippen LogP) is 2.29. The highest BCUT2D eigenvalue weighted by atomic mass is 32.2. The Balaban J connectivity index is 2.27. The number of benzene rings is 1. The monoisotopic (exact) mass is 379 g/mol. The summed E-state index contributed by atoms with van der Waals surface area (Å²) < 4.78 is 72.1. The maximum atomic E-state index is 12.4. The maximum absolute atomic E-state index is 12.4. The Hall–Kier alpha value is -2.76. The number of halogens is 3. The van der Waals surface area contributed by atoms with E-state index in [1.807, 2.05) is 4.72 Å². The highest BCUT2D eigenvalue weighted by Crippen LogP contribution is 2.30. The lowest BCUT2D eigenvalue weighted by atomic mass is 10.3. The van der Waals surface area contributed by atoms with Crippen molar-refractivity contribution in [2.45, 2.75) is 18.2 Å². The minimum Gasteiger partial charge on any atom is -0.461 e. The van der Waals surface area contributed by atoms with Crippen molar-refractivity contribution >= 4 is 21.8 Å². The summed E-state index contributed by atoms with van der Waals surface area (Å²) in [4.78, 5) is 10.7. The molecule has 2 aromatic rings. The van der Waals surface area contributed by atoms with Crippen LogP contribution in [0.15, 0.2) is 35.2 Å². The second-order valence-electron chi connectivity index (χ2n) is 4.49. The number of carbonyl (C=O) groups is 1. The summed E-state index contributed by atoms with van der Waals surface area (Å²) in [5.41, 5.74) is -0.126. The molecule has 0 aliphatic heterocycles. The van der Waals surface area contributed by atoms with Crippen LogP contribution in [-0.2, 0) is 14.8 Å². The molecule has 0 aliphatic carbocycles. The van der Waals surface area contributed by atoms with E-state index in [-0.39, 0.29) is 18.1 Å². The number of nitrogens with zero attached hydrogens (tertiary/aromatic N) is 1. The van der Waals surface area contributed by atoms with Gasteiger partial charge in [0.1, 0.15) is 16.3 Å². The number of sulfonamides is 1. The summed E-state index contributed by atoms with van der Waals surface area (Å²) >= 11 is 0. The SMILES string of the molecule is CCOC(=O)c1cc(NS(=O)(=O)c2ccccc2OC(F)(F)F)n[nH]1. The molecular weight excluding hydrogens is 367 g/mol. The molecule has 0 bridgehead atoms. The number of hydrogen-bond donors (Lipinski definition) is 2. The van der Waals surface area contributed by atoms with Gasteiger partial charge in [-0.2, -0.15) is 5.10 Å². The zero-order chi connectivity index (χ0) is 18.7. The Morgan fingerprint density at radius 3 is 2.64 bits per heavy atom. The van der Waals surface area contributed by atoms with E-state index in [0.717, 1.165) is 18.2 Å². The molecule has 1 aromatic carbocycles. The molecule has 0 unspecified atom stereocenters. The first-order valence-electron chi connectivity index (χ1n) is 6.72.